The maximum absolute atomic E-state index is 2.43. The molecule has 0 saturated heterocycles. The molecule has 2 nitrogen and oxygen atoms in total. The lowest BCUT2D eigenvalue weighted by Crippen LogP contribution is -2.10. The van der Waals surface area contributed by atoms with Gasteiger partial charge in [0.25, 0.3) is 0 Å². The van der Waals surface area contributed by atoms with Gasteiger partial charge >= 0.3 is 0 Å². The highest BCUT2D eigenvalue weighted by Gasteiger charge is 2.21. The van der Waals surface area contributed by atoms with Gasteiger partial charge in [0.1, 0.15) is 0 Å². The van der Waals surface area contributed by atoms with Crippen LogP contribution in [0.25, 0.3) is 104 Å². The second-order valence-corrected chi connectivity index (χ2v) is 17.6. The minimum Gasteiger partial charge on any atom is -0.310 e. The van der Waals surface area contributed by atoms with Crippen molar-refractivity contribution >= 4 is 71.2 Å². The molecule has 0 unspecified atom stereocenters. The van der Waals surface area contributed by atoms with E-state index >= 15 is 0 Å². The number of hydrogen-bond donors (Lipinski definition) is 0. The second-order valence-electron chi connectivity index (χ2n) is 17.6. The molecule has 68 heavy (non-hydrogen) atoms. The molecule has 0 aliphatic carbocycles. The number of benzene rings is 12. The maximum atomic E-state index is 2.43. The molecule has 318 valence electrons. The third-order valence-corrected chi connectivity index (χ3v) is 13.8. The summed E-state index contributed by atoms with van der Waals surface area (Å²) in [4.78, 5) is 2.40. The zero-order valence-corrected chi connectivity index (χ0v) is 37.3. The summed E-state index contributed by atoms with van der Waals surface area (Å²) < 4.78 is 2.43. The predicted molar refractivity (Wildman–Crippen MR) is 290 cm³/mol. The van der Waals surface area contributed by atoms with E-state index in [2.05, 4.69) is 276 Å². The molecule has 0 aliphatic rings. The molecule has 0 saturated carbocycles. The molecule has 0 atom stereocenters. The lowest BCUT2D eigenvalue weighted by molar-refractivity contribution is 1.20. The number of hydrogen-bond acceptors (Lipinski definition) is 1. The molecule has 2 heteroatoms. The van der Waals surface area contributed by atoms with Crippen LogP contribution < -0.4 is 4.90 Å². The molecular weight excluding hydrogens is 821 g/mol. The lowest BCUT2D eigenvalue weighted by Gasteiger charge is -2.26. The Morgan fingerprint density at radius 1 is 0.235 bits per heavy atom. The first-order chi connectivity index (χ1) is 33.7. The normalized spacial score (nSPS) is 11.5. The highest BCUT2D eigenvalue weighted by atomic mass is 15.1. The Labute approximate surface area is 395 Å². The van der Waals surface area contributed by atoms with E-state index in [9.17, 15) is 0 Å². The standard InChI is InChI=1S/C66H44N2/c1-4-17-45(18-5-1)46-31-36-52(37-32-46)67(54-40-42-64-60(44-54)58-27-14-15-29-63(58)68(64)62-30-16-24-48-19-10-11-25-55(48)62)53-38-33-47(34-39-53)51-35-41-57-56-26-12-13-28-59(56)65(49-20-6-2-7-21-49)66(61(57)43-51)50-22-8-3-9-23-50/h1-44H. The van der Waals surface area contributed by atoms with Gasteiger partial charge in [-0.1, -0.05) is 206 Å². The van der Waals surface area contributed by atoms with E-state index in [0.29, 0.717) is 0 Å². The van der Waals surface area contributed by atoms with E-state index in [0.717, 1.165) is 22.6 Å². The minimum atomic E-state index is 1.08. The number of nitrogens with zero attached hydrogens (tertiary/aromatic N) is 2. The van der Waals surface area contributed by atoms with Crippen LogP contribution in [-0.2, 0) is 0 Å². The fourth-order valence-corrected chi connectivity index (χ4v) is 10.6. The molecule has 1 aromatic heterocycles. The molecule has 0 radical (unpaired) electrons. The second kappa shape index (κ2) is 16.5. The van der Waals surface area contributed by atoms with E-state index in [1.807, 2.05) is 0 Å². The van der Waals surface area contributed by atoms with Gasteiger partial charge in [0.2, 0.25) is 0 Å². The quantitative estimate of drug-likeness (QED) is 0.138. The summed E-state index contributed by atoms with van der Waals surface area (Å²) in [5, 5.41) is 9.90. The highest BCUT2D eigenvalue weighted by Crippen LogP contribution is 2.46. The molecule has 0 spiro atoms. The lowest BCUT2D eigenvalue weighted by atomic mass is 9.84. The first-order valence-corrected chi connectivity index (χ1v) is 23.4. The highest BCUT2D eigenvalue weighted by molar-refractivity contribution is 6.22. The van der Waals surface area contributed by atoms with Gasteiger partial charge in [-0.05, 0) is 132 Å². The Morgan fingerprint density at radius 2 is 0.691 bits per heavy atom. The Morgan fingerprint density at radius 3 is 1.37 bits per heavy atom. The molecular formula is C66H44N2. The van der Waals surface area contributed by atoms with Crippen LogP contribution in [0, 0.1) is 0 Å². The average molecular weight is 865 g/mol. The third-order valence-electron chi connectivity index (χ3n) is 13.8. The van der Waals surface area contributed by atoms with Crippen LogP contribution in [0.3, 0.4) is 0 Å². The Kier molecular flexibility index (Phi) is 9.54. The Balaban J connectivity index is 0.969. The summed E-state index contributed by atoms with van der Waals surface area (Å²) >= 11 is 0. The van der Waals surface area contributed by atoms with Crippen LogP contribution in [0.15, 0.2) is 267 Å². The summed E-state index contributed by atoms with van der Waals surface area (Å²) in [6.45, 7) is 0. The van der Waals surface area contributed by atoms with Crippen molar-refractivity contribution in [2.75, 3.05) is 4.90 Å². The zero-order valence-electron chi connectivity index (χ0n) is 37.3. The van der Waals surface area contributed by atoms with Crippen molar-refractivity contribution < 1.29 is 0 Å². The van der Waals surface area contributed by atoms with Crippen molar-refractivity contribution in [3.63, 3.8) is 0 Å². The van der Waals surface area contributed by atoms with Crippen LogP contribution in [0.4, 0.5) is 17.1 Å². The van der Waals surface area contributed by atoms with Gasteiger partial charge in [-0.3, -0.25) is 0 Å². The van der Waals surface area contributed by atoms with Crippen molar-refractivity contribution in [3.05, 3.63) is 267 Å². The molecule has 0 fully saturated rings. The van der Waals surface area contributed by atoms with Gasteiger partial charge in [0.05, 0.1) is 16.7 Å². The topological polar surface area (TPSA) is 8.17 Å². The van der Waals surface area contributed by atoms with Crippen LogP contribution >= 0.6 is 0 Å². The van der Waals surface area contributed by atoms with E-state index in [1.165, 1.54) is 98.8 Å². The van der Waals surface area contributed by atoms with Gasteiger partial charge < -0.3 is 9.47 Å². The Hall–Kier alpha value is -8.98. The number of para-hydroxylation sites is 1. The van der Waals surface area contributed by atoms with E-state index in [-0.39, 0.29) is 0 Å². The maximum Gasteiger partial charge on any atom is 0.0542 e. The summed E-state index contributed by atoms with van der Waals surface area (Å²) in [5.74, 6) is 0. The van der Waals surface area contributed by atoms with Crippen molar-refractivity contribution in [1.29, 1.82) is 0 Å². The number of fused-ring (bicyclic) bond motifs is 7. The van der Waals surface area contributed by atoms with E-state index < -0.39 is 0 Å². The summed E-state index contributed by atoms with van der Waals surface area (Å²) in [6.07, 6.45) is 0. The molecule has 13 aromatic rings. The Bertz CT molecular complexity index is 3980. The number of rotatable bonds is 8. The van der Waals surface area contributed by atoms with Crippen molar-refractivity contribution in [1.82, 2.24) is 4.57 Å². The molecule has 1 heterocycles. The van der Waals surface area contributed by atoms with Crippen LogP contribution in [0.2, 0.25) is 0 Å². The molecule has 13 rings (SSSR count). The fraction of sp³-hybridized carbons (Fsp3) is 0. The average Bonchev–Trinajstić information content (AvgIpc) is 3.75. The molecule has 0 N–H and O–H groups in total. The van der Waals surface area contributed by atoms with Gasteiger partial charge in [-0.25, -0.2) is 0 Å². The van der Waals surface area contributed by atoms with Crippen molar-refractivity contribution in [2.45, 2.75) is 0 Å². The zero-order chi connectivity index (χ0) is 45.0. The molecule has 0 amide bonds. The number of anilines is 3. The first kappa shape index (κ1) is 39.4. The SMILES string of the molecule is c1ccc(-c2ccc(N(c3ccc(-c4ccc5c(c4)c(-c4ccccc4)c(-c4ccccc4)c4ccccc45)cc3)c3ccc4c(c3)c3ccccc3n4-c3cccc4ccccc34)cc2)cc1. The van der Waals surface area contributed by atoms with Crippen molar-refractivity contribution in [3.8, 4) is 50.2 Å². The van der Waals surface area contributed by atoms with Gasteiger partial charge in [-0.15, -0.1) is 0 Å². The monoisotopic (exact) mass is 864 g/mol. The largest absolute Gasteiger partial charge is 0.310 e. The van der Waals surface area contributed by atoms with Gasteiger partial charge in [0.15, 0.2) is 0 Å². The summed E-state index contributed by atoms with van der Waals surface area (Å²) in [6, 6.07) is 97.4. The van der Waals surface area contributed by atoms with Crippen LogP contribution in [-0.4, -0.2) is 4.57 Å². The minimum absolute atomic E-state index is 1.08. The first-order valence-electron chi connectivity index (χ1n) is 23.4. The van der Waals surface area contributed by atoms with Gasteiger partial charge in [-0.2, -0.15) is 0 Å². The van der Waals surface area contributed by atoms with Crippen LogP contribution in [0.1, 0.15) is 0 Å². The fourth-order valence-electron chi connectivity index (χ4n) is 10.6. The number of aromatic nitrogens is 1. The smallest absolute Gasteiger partial charge is 0.0542 e. The summed E-state index contributed by atoms with van der Waals surface area (Å²) in [5.41, 5.74) is 16.5. The van der Waals surface area contributed by atoms with Crippen molar-refractivity contribution in [2.24, 2.45) is 0 Å². The van der Waals surface area contributed by atoms with Gasteiger partial charge in [0, 0.05) is 33.2 Å². The molecule has 0 bridgehead atoms. The van der Waals surface area contributed by atoms with Crippen LogP contribution in [0.5, 0.6) is 0 Å². The molecule has 0 aliphatic heterocycles. The predicted octanol–water partition coefficient (Wildman–Crippen LogP) is 18.4. The third kappa shape index (κ3) is 6.65. The van der Waals surface area contributed by atoms with E-state index in [4.69, 9.17) is 0 Å². The summed E-state index contributed by atoms with van der Waals surface area (Å²) in [7, 11) is 0. The molecule has 12 aromatic carbocycles. The van der Waals surface area contributed by atoms with E-state index in [1.54, 1.807) is 0 Å².